The first kappa shape index (κ1) is 18.5. The summed E-state index contributed by atoms with van der Waals surface area (Å²) in [5, 5.41) is 2.11. The van der Waals surface area contributed by atoms with Crippen molar-refractivity contribution in [2.45, 2.75) is 11.5 Å². The predicted molar refractivity (Wildman–Crippen MR) is 102 cm³/mol. The molecular formula is C17H15ClN2O4S2. The summed E-state index contributed by atoms with van der Waals surface area (Å²) in [7, 11) is -2.33. The molecule has 0 amide bonds. The van der Waals surface area contributed by atoms with E-state index in [9.17, 15) is 8.42 Å². The Balaban J connectivity index is 1.75. The lowest BCUT2D eigenvalue weighted by Crippen LogP contribution is -2.13. The van der Waals surface area contributed by atoms with Crippen LogP contribution < -0.4 is 14.2 Å². The van der Waals surface area contributed by atoms with E-state index in [2.05, 4.69) is 9.71 Å². The zero-order valence-electron chi connectivity index (χ0n) is 13.7. The molecule has 2 aromatic carbocycles. The Morgan fingerprint density at radius 2 is 2.08 bits per heavy atom. The molecule has 0 spiro atoms. The van der Waals surface area contributed by atoms with Crippen molar-refractivity contribution in [2.24, 2.45) is 0 Å². The third-order valence-electron chi connectivity index (χ3n) is 3.39. The molecule has 0 radical (unpaired) electrons. The van der Waals surface area contributed by atoms with Crippen LogP contribution in [0, 0.1) is 0 Å². The molecular weight excluding hydrogens is 396 g/mol. The summed E-state index contributed by atoms with van der Waals surface area (Å²) >= 11 is 7.50. The Morgan fingerprint density at radius 3 is 2.77 bits per heavy atom. The number of anilines is 1. The normalized spacial score (nSPS) is 11.2. The zero-order chi connectivity index (χ0) is 18.6. The van der Waals surface area contributed by atoms with Crippen molar-refractivity contribution in [3.63, 3.8) is 0 Å². The lowest BCUT2D eigenvalue weighted by molar-refractivity contribution is 0.302. The monoisotopic (exact) mass is 410 g/mol. The number of nitrogens with zero attached hydrogens (tertiary/aromatic N) is 1. The molecule has 0 aliphatic rings. The van der Waals surface area contributed by atoms with Gasteiger partial charge >= 0.3 is 0 Å². The number of hydrogen-bond acceptors (Lipinski definition) is 6. The van der Waals surface area contributed by atoms with Crippen LogP contribution in [0.4, 0.5) is 5.69 Å². The first-order valence-corrected chi connectivity index (χ1v) is 10.2. The maximum Gasteiger partial charge on any atom is 0.261 e. The lowest BCUT2D eigenvalue weighted by Gasteiger charge is -2.11. The van der Waals surface area contributed by atoms with Crippen LogP contribution in [0.2, 0.25) is 5.02 Å². The van der Waals surface area contributed by atoms with Gasteiger partial charge in [-0.2, -0.15) is 0 Å². The number of hydrogen-bond donors (Lipinski definition) is 1. The van der Waals surface area contributed by atoms with Gasteiger partial charge in [-0.05, 0) is 30.3 Å². The van der Waals surface area contributed by atoms with Gasteiger partial charge in [0.25, 0.3) is 10.0 Å². The van der Waals surface area contributed by atoms with E-state index in [1.165, 1.54) is 36.6 Å². The highest BCUT2D eigenvalue weighted by molar-refractivity contribution is 7.92. The van der Waals surface area contributed by atoms with Gasteiger partial charge in [0.2, 0.25) is 0 Å². The molecule has 136 valence electrons. The molecule has 0 atom stereocenters. The summed E-state index contributed by atoms with van der Waals surface area (Å²) in [6, 6.07) is 11.0. The topological polar surface area (TPSA) is 77.5 Å². The van der Waals surface area contributed by atoms with Gasteiger partial charge in [-0.25, -0.2) is 13.4 Å². The third kappa shape index (κ3) is 4.46. The molecule has 0 saturated carbocycles. The van der Waals surface area contributed by atoms with Crippen LogP contribution >= 0.6 is 22.9 Å². The number of thiazole rings is 1. The van der Waals surface area contributed by atoms with Gasteiger partial charge in [-0.15, -0.1) is 11.3 Å². The average molecular weight is 411 g/mol. The summed E-state index contributed by atoms with van der Waals surface area (Å²) < 4.78 is 38.3. The minimum absolute atomic E-state index is 0.0390. The van der Waals surface area contributed by atoms with Crippen molar-refractivity contribution in [2.75, 3.05) is 11.8 Å². The molecule has 0 aliphatic carbocycles. The van der Waals surface area contributed by atoms with Crippen LogP contribution in [-0.2, 0) is 16.6 Å². The van der Waals surface area contributed by atoms with Crippen LogP contribution in [0.3, 0.4) is 0 Å². The van der Waals surface area contributed by atoms with Crippen molar-refractivity contribution >= 4 is 38.6 Å². The van der Waals surface area contributed by atoms with E-state index in [0.717, 1.165) is 5.69 Å². The number of aromatic nitrogens is 1. The fourth-order valence-corrected chi connectivity index (χ4v) is 4.08. The van der Waals surface area contributed by atoms with Gasteiger partial charge in [0.15, 0.2) is 0 Å². The minimum atomic E-state index is -3.79. The number of methoxy groups -OCH3 is 1. The molecule has 1 N–H and O–H groups in total. The summed E-state index contributed by atoms with van der Waals surface area (Å²) in [6.07, 6.45) is 0. The van der Waals surface area contributed by atoms with Gasteiger partial charge in [-0.1, -0.05) is 17.7 Å². The Hall–Kier alpha value is -2.29. The Morgan fingerprint density at radius 1 is 1.23 bits per heavy atom. The van der Waals surface area contributed by atoms with Crippen LogP contribution in [0.15, 0.2) is 58.3 Å². The molecule has 0 fully saturated rings. The fraction of sp³-hybridized carbons (Fsp3) is 0.118. The molecule has 6 nitrogen and oxygen atoms in total. The first-order chi connectivity index (χ1) is 12.5. The number of sulfonamides is 1. The third-order valence-corrected chi connectivity index (χ3v) is 5.70. The Kier molecular flexibility index (Phi) is 5.65. The molecule has 0 saturated heterocycles. The molecule has 1 aromatic heterocycles. The largest absolute Gasteiger partial charge is 0.495 e. The van der Waals surface area contributed by atoms with Crippen LogP contribution in [0.25, 0.3) is 0 Å². The SMILES string of the molecule is COc1ccc(S(=O)(=O)Nc2cccc(OCc3cscn3)c2)cc1Cl. The first-order valence-electron chi connectivity index (χ1n) is 7.44. The van der Waals surface area contributed by atoms with Gasteiger partial charge in [-0.3, -0.25) is 4.72 Å². The van der Waals surface area contributed by atoms with Crippen LogP contribution in [0.1, 0.15) is 5.69 Å². The molecule has 3 rings (SSSR count). The average Bonchev–Trinajstić information content (AvgIpc) is 3.13. The number of nitrogens with one attached hydrogen (secondary N) is 1. The number of rotatable bonds is 7. The molecule has 0 bridgehead atoms. The van der Waals surface area contributed by atoms with E-state index < -0.39 is 10.0 Å². The highest BCUT2D eigenvalue weighted by atomic mass is 35.5. The van der Waals surface area contributed by atoms with Gasteiger partial charge < -0.3 is 9.47 Å². The summed E-state index contributed by atoms with van der Waals surface area (Å²) in [6.45, 7) is 0.313. The second-order valence-corrected chi connectivity index (χ2v) is 8.01. The summed E-state index contributed by atoms with van der Waals surface area (Å²) in [4.78, 5) is 4.17. The van der Waals surface area contributed by atoms with Crippen molar-refractivity contribution in [1.29, 1.82) is 0 Å². The lowest BCUT2D eigenvalue weighted by atomic mass is 10.3. The molecule has 0 aliphatic heterocycles. The highest BCUT2D eigenvalue weighted by Gasteiger charge is 2.16. The molecule has 1 heterocycles. The number of ether oxygens (including phenoxy) is 2. The van der Waals surface area contributed by atoms with Crippen LogP contribution in [-0.4, -0.2) is 20.5 Å². The molecule has 26 heavy (non-hydrogen) atoms. The zero-order valence-corrected chi connectivity index (χ0v) is 16.1. The van der Waals surface area contributed by atoms with Gasteiger partial charge in [0.05, 0.1) is 33.9 Å². The quantitative estimate of drug-likeness (QED) is 0.632. The Labute approximate surface area is 160 Å². The maximum absolute atomic E-state index is 12.5. The highest BCUT2D eigenvalue weighted by Crippen LogP contribution is 2.28. The molecule has 9 heteroatoms. The van der Waals surface area contributed by atoms with Gasteiger partial charge in [0, 0.05) is 11.4 Å². The summed E-state index contributed by atoms with van der Waals surface area (Å²) in [5.41, 5.74) is 2.92. The van der Waals surface area contributed by atoms with E-state index >= 15 is 0 Å². The van der Waals surface area contributed by atoms with Gasteiger partial charge in [0.1, 0.15) is 18.1 Å². The second kappa shape index (κ2) is 7.94. The van der Waals surface area contributed by atoms with E-state index in [-0.39, 0.29) is 9.92 Å². The van der Waals surface area contributed by atoms with E-state index in [0.29, 0.717) is 23.8 Å². The van der Waals surface area contributed by atoms with E-state index in [4.69, 9.17) is 21.1 Å². The smallest absolute Gasteiger partial charge is 0.261 e. The fourth-order valence-electron chi connectivity index (χ4n) is 2.14. The van der Waals surface area contributed by atoms with Crippen molar-refractivity contribution in [3.8, 4) is 11.5 Å². The van der Waals surface area contributed by atoms with Crippen LogP contribution in [0.5, 0.6) is 11.5 Å². The second-order valence-electron chi connectivity index (χ2n) is 5.20. The molecule has 3 aromatic rings. The van der Waals surface area contributed by atoms with E-state index in [1.54, 1.807) is 29.8 Å². The minimum Gasteiger partial charge on any atom is -0.495 e. The van der Waals surface area contributed by atoms with E-state index in [1.807, 2.05) is 5.38 Å². The van der Waals surface area contributed by atoms with Crippen molar-refractivity contribution < 1.29 is 17.9 Å². The maximum atomic E-state index is 12.5. The summed E-state index contributed by atoms with van der Waals surface area (Å²) in [5.74, 6) is 0.939. The standard InChI is InChI=1S/C17H15ClN2O4S2/c1-23-17-6-5-15(8-16(17)18)26(21,22)20-12-3-2-4-14(7-12)24-9-13-10-25-11-19-13/h2-8,10-11,20H,9H2,1H3. The number of halogens is 1. The van der Waals surface area contributed by atoms with Crippen molar-refractivity contribution in [3.05, 3.63) is 64.1 Å². The predicted octanol–water partition coefficient (Wildman–Crippen LogP) is 4.18. The number of benzene rings is 2. The Bertz CT molecular complexity index is 992. The van der Waals surface area contributed by atoms with Crippen molar-refractivity contribution in [1.82, 2.24) is 4.98 Å². The molecule has 0 unspecified atom stereocenters.